The number of hydrogen-bond donors (Lipinski definition) is 2. The van der Waals surface area contributed by atoms with Crippen molar-refractivity contribution >= 4 is 6.03 Å². The zero-order valence-corrected chi connectivity index (χ0v) is 12.6. The fraction of sp³-hybridized carbons (Fsp3) is 0.278. The summed E-state index contributed by atoms with van der Waals surface area (Å²) in [6, 6.07) is 15.8. The molecule has 1 atom stereocenters. The second kappa shape index (κ2) is 6.52. The van der Waals surface area contributed by atoms with Gasteiger partial charge in [0.1, 0.15) is 12.4 Å². The largest absolute Gasteiger partial charge is 0.491 e. The summed E-state index contributed by atoms with van der Waals surface area (Å²) in [4.78, 5) is 12.0. The molecule has 4 heteroatoms. The second-order valence-corrected chi connectivity index (χ2v) is 5.57. The molecule has 0 saturated carbocycles. The Labute approximate surface area is 130 Å². The Morgan fingerprint density at radius 1 is 1.18 bits per heavy atom. The van der Waals surface area contributed by atoms with Crippen molar-refractivity contribution in [1.82, 2.24) is 10.6 Å². The van der Waals surface area contributed by atoms with Gasteiger partial charge in [0.25, 0.3) is 0 Å². The Kier molecular flexibility index (Phi) is 4.28. The predicted octanol–water partition coefficient (Wildman–Crippen LogP) is 2.80. The number of rotatable bonds is 3. The lowest BCUT2D eigenvalue weighted by Gasteiger charge is -2.26. The van der Waals surface area contributed by atoms with Crippen molar-refractivity contribution in [3.8, 4) is 5.75 Å². The lowest BCUT2D eigenvalue weighted by atomic mass is 10.0. The van der Waals surface area contributed by atoms with Crippen LogP contribution in [0.2, 0.25) is 0 Å². The van der Waals surface area contributed by atoms with Gasteiger partial charge in [-0.05, 0) is 36.1 Å². The first-order chi connectivity index (χ1) is 10.7. The van der Waals surface area contributed by atoms with Gasteiger partial charge in [-0.25, -0.2) is 4.79 Å². The summed E-state index contributed by atoms with van der Waals surface area (Å²) < 4.78 is 5.68. The second-order valence-electron chi connectivity index (χ2n) is 5.57. The zero-order chi connectivity index (χ0) is 15.4. The maximum atomic E-state index is 12.0. The molecule has 4 nitrogen and oxygen atoms in total. The van der Waals surface area contributed by atoms with E-state index in [0.717, 1.165) is 23.3 Å². The number of fused-ring (bicyclic) bond motifs is 1. The van der Waals surface area contributed by atoms with Gasteiger partial charge in [-0.2, -0.15) is 0 Å². The average Bonchev–Trinajstić information content (AvgIpc) is 2.54. The highest BCUT2D eigenvalue weighted by Gasteiger charge is 2.20. The number of nitrogens with one attached hydrogen (secondary N) is 2. The molecule has 1 heterocycles. The molecule has 0 spiro atoms. The first-order valence-corrected chi connectivity index (χ1v) is 7.52. The number of hydrogen-bond acceptors (Lipinski definition) is 2. The molecule has 2 aromatic carbocycles. The smallest absolute Gasteiger partial charge is 0.315 e. The molecule has 2 aromatic rings. The molecule has 1 aliphatic rings. The van der Waals surface area contributed by atoms with Crippen molar-refractivity contribution in [2.24, 2.45) is 0 Å². The Bertz CT molecular complexity index is 670. The molecule has 22 heavy (non-hydrogen) atoms. The molecular formula is C18H20N2O2. The molecule has 114 valence electrons. The lowest BCUT2D eigenvalue weighted by molar-refractivity contribution is 0.214. The van der Waals surface area contributed by atoms with E-state index in [4.69, 9.17) is 4.74 Å². The van der Waals surface area contributed by atoms with Crippen LogP contribution in [0.25, 0.3) is 0 Å². The van der Waals surface area contributed by atoms with Crippen molar-refractivity contribution in [1.29, 1.82) is 0 Å². The van der Waals surface area contributed by atoms with Crippen LogP contribution in [0, 0.1) is 6.92 Å². The lowest BCUT2D eigenvalue weighted by Crippen LogP contribution is -2.47. The molecule has 2 amide bonds. The molecular weight excluding hydrogens is 276 g/mol. The number of benzene rings is 2. The fourth-order valence-corrected chi connectivity index (χ4v) is 2.64. The molecule has 0 unspecified atom stereocenters. The molecule has 1 aliphatic heterocycles. The summed E-state index contributed by atoms with van der Waals surface area (Å²) in [5, 5.41) is 5.88. The monoisotopic (exact) mass is 296 g/mol. The van der Waals surface area contributed by atoms with Crippen LogP contribution in [0.5, 0.6) is 5.75 Å². The Morgan fingerprint density at radius 3 is 2.82 bits per heavy atom. The Morgan fingerprint density at radius 2 is 1.95 bits per heavy atom. The quantitative estimate of drug-likeness (QED) is 0.915. The topological polar surface area (TPSA) is 50.4 Å². The highest BCUT2D eigenvalue weighted by Crippen LogP contribution is 2.23. The van der Waals surface area contributed by atoms with E-state index < -0.39 is 0 Å². The summed E-state index contributed by atoms with van der Waals surface area (Å²) in [5.74, 6) is 0.917. The highest BCUT2D eigenvalue weighted by molar-refractivity contribution is 5.74. The van der Waals surface area contributed by atoms with E-state index in [-0.39, 0.29) is 12.1 Å². The molecule has 0 aromatic heterocycles. The molecule has 0 bridgehead atoms. The number of amides is 2. The minimum Gasteiger partial charge on any atom is -0.491 e. The minimum atomic E-state index is -0.156. The van der Waals surface area contributed by atoms with Gasteiger partial charge in [0.05, 0.1) is 6.04 Å². The Hall–Kier alpha value is -2.49. The van der Waals surface area contributed by atoms with E-state index in [1.807, 2.05) is 55.5 Å². The van der Waals surface area contributed by atoms with E-state index in [9.17, 15) is 4.79 Å². The SMILES string of the molecule is Cc1ccccc1CNC(=O)N[C@@H]1COc2ccccc2C1. The molecule has 0 saturated heterocycles. The predicted molar refractivity (Wildman–Crippen MR) is 86.0 cm³/mol. The van der Waals surface area contributed by atoms with Crippen molar-refractivity contribution in [3.63, 3.8) is 0 Å². The van der Waals surface area contributed by atoms with Gasteiger partial charge in [-0.3, -0.25) is 0 Å². The molecule has 3 rings (SSSR count). The summed E-state index contributed by atoms with van der Waals surface area (Å²) in [6.07, 6.45) is 0.800. The Balaban J connectivity index is 1.52. The molecule has 0 aliphatic carbocycles. The maximum Gasteiger partial charge on any atom is 0.315 e. The van der Waals surface area contributed by atoms with Crippen LogP contribution in [-0.2, 0) is 13.0 Å². The number of carbonyl (C=O) groups excluding carboxylic acids is 1. The molecule has 0 fully saturated rings. The van der Waals surface area contributed by atoms with E-state index in [2.05, 4.69) is 10.6 Å². The van der Waals surface area contributed by atoms with Gasteiger partial charge >= 0.3 is 6.03 Å². The number of ether oxygens (including phenoxy) is 1. The van der Waals surface area contributed by atoms with Crippen LogP contribution in [0.1, 0.15) is 16.7 Å². The van der Waals surface area contributed by atoms with Crippen molar-refractivity contribution in [3.05, 3.63) is 65.2 Å². The third-order valence-electron chi connectivity index (χ3n) is 3.91. The highest BCUT2D eigenvalue weighted by atomic mass is 16.5. The van der Waals surface area contributed by atoms with Crippen LogP contribution >= 0.6 is 0 Å². The van der Waals surface area contributed by atoms with Gasteiger partial charge in [-0.15, -0.1) is 0 Å². The van der Waals surface area contributed by atoms with Crippen LogP contribution < -0.4 is 15.4 Å². The van der Waals surface area contributed by atoms with E-state index in [1.165, 1.54) is 5.56 Å². The average molecular weight is 296 g/mol. The number of urea groups is 1. The van der Waals surface area contributed by atoms with Crippen molar-refractivity contribution in [2.75, 3.05) is 6.61 Å². The minimum absolute atomic E-state index is 0.00627. The zero-order valence-electron chi connectivity index (χ0n) is 12.6. The van der Waals surface area contributed by atoms with Crippen LogP contribution in [0.3, 0.4) is 0 Å². The standard InChI is InChI=1S/C18H20N2O2/c1-13-6-2-3-8-15(13)11-19-18(21)20-16-10-14-7-4-5-9-17(14)22-12-16/h2-9,16H,10-12H2,1H3,(H2,19,20,21)/t16-/m0/s1. The van der Waals surface area contributed by atoms with E-state index in [0.29, 0.717) is 13.2 Å². The number of carbonyl (C=O) groups is 1. The van der Waals surface area contributed by atoms with Gasteiger partial charge in [0, 0.05) is 6.54 Å². The van der Waals surface area contributed by atoms with E-state index >= 15 is 0 Å². The van der Waals surface area contributed by atoms with Gasteiger partial charge in [-0.1, -0.05) is 42.5 Å². The van der Waals surface area contributed by atoms with Crippen molar-refractivity contribution < 1.29 is 9.53 Å². The third kappa shape index (κ3) is 3.39. The fourth-order valence-electron chi connectivity index (χ4n) is 2.64. The van der Waals surface area contributed by atoms with Gasteiger partial charge < -0.3 is 15.4 Å². The first-order valence-electron chi connectivity index (χ1n) is 7.52. The molecule has 0 radical (unpaired) electrons. The third-order valence-corrected chi connectivity index (χ3v) is 3.91. The normalized spacial score (nSPS) is 16.3. The van der Waals surface area contributed by atoms with Crippen molar-refractivity contribution in [2.45, 2.75) is 25.9 Å². The van der Waals surface area contributed by atoms with Crippen LogP contribution in [-0.4, -0.2) is 18.7 Å². The summed E-state index contributed by atoms with van der Waals surface area (Å²) in [5.41, 5.74) is 3.44. The van der Waals surface area contributed by atoms with Gasteiger partial charge in [0.15, 0.2) is 0 Å². The summed E-state index contributed by atoms with van der Waals surface area (Å²) in [7, 11) is 0. The summed E-state index contributed by atoms with van der Waals surface area (Å²) in [6.45, 7) is 3.08. The van der Waals surface area contributed by atoms with Crippen LogP contribution in [0.4, 0.5) is 4.79 Å². The maximum absolute atomic E-state index is 12.0. The van der Waals surface area contributed by atoms with Gasteiger partial charge in [0.2, 0.25) is 0 Å². The van der Waals surface area contributed by atoms with E-state index in [1.54, 1.807) is 0 Å². The number of para-hydroxylation sites is 1. The first kappa shape index (κ1) is 14.4. The number of aryl methyl sites for hydroxylation is 1. The summed E-state index contributed by atoms with van der Waals surface area (Å²) >= 11 is 0. The molecule has 2 N–H and O–H groups in total. The van der Waals surface area contributed by atoms with Crippen LogP contribution in [0.15, 0.2) is 48.5 Å².